The molecule has 0 aliphatic carbocycles. The van der Waals surface area contributed by atoms with Gasteiger partial charge in [0, 0.05) is 19.5 Å². The zero-order chi connectivity index (χ0) is 30.3. The van der Waals surface area contributed by atoms with Gasteiger partial charge in [-0.1, -0.05) is 182 Å². The molecular weight excluding hydrogens is 684 g/mol. The maximum Gasteiger partial charge on any atom is 0.673 e. The van der Waals surface area contributed by atoms with Crippen molar-refractivity contribution in [1.82, 2.24) is 0 Å². The zero-order valence-corrected chi connectivity index (χ0v) is 27.1. The predicted molar refractivity (Wildman–Crippen MR) is 180 cm³/mol. The van der Waals surface area contributed by atoms with Gasteiger partial charge in [-0.2, -0.15) is 0 Å². The van der Waals surface area contributed by atoms with Crippen LogP contribution < -0.4 is 31.8 Å². The van der Waals surface area contributed by atoms with Crippen molar-refractivity contribution >= 4 is 54.9 Å². The summed E-state index contributed by atoms with van der Waals surface area (Å²) in [7, 11) is -6.89. The first-order valence-electron chi connectivity index (χ1n) is 13.7. The van der Waals surface area contributed by atoms with E-state index in [2.05, 4.69) is 182 Å². The Morgan fingerprint density at radius 2 is 0.386 bits per heavy atom. The molecule has 0 saturated carbocycles. The fourth-order valence-corrected chi connectivity index (χ4v) is 8.97. The van der Waals surface area contributed by atoms with Crippen LogP contribution in [0.4, 0.5) is 17.3 Å². The van der Waals surface area contributed by atoms with Crippen molar-refractivity contribution in [2.24, 2.45) is 0 Å². The maximum atomic E-state index is 9.75. The molecule has 0 aromatic heterocycles. The van der Waals surface area contributed by atoms with Crippen LogP contribution >= 0.6 is 15.8 Å². The third-order valence-corrected chi connectivity index (χ3v) is 11.0. The van der Waals surface area contributed by atoms with Crippen molar-refractivity contribution in [1.29, 1.82) is 0 Å². The molecule has 0 spiro atoms. The summed E-state index contributed by atoms with van der Waals surface area (Å²) in [6.07, 6.45) is 0. The van der Waals surface area contributed by atoms with Gasteiger partial charge in [0.25, 0.3) is 0 Å². The minimum Gasteiger partial charge on any atom is -0.418 e. The van der Waals surface area contributed by atoms with Gasteiger partial charge in [0.15, 0.2) is 0 Å². The molecule has 0 heterocycles. The predicted octanol–water partition coefficient (Wildman–Crippen LogP) is 8.19. The molecule has 0 bridgehead atoms. The number of benzene rings is 6. The molecule has 225 valence electrons. The first-order valence-corrected chi connectivity index (χ1v) is 16.4. The quantitative estimate of drug-likeness (QED) is 0.0929. The third-order valence-electron chi connectivity index (χ3n) is 6.09. The van der Waals surface area contributed by atoms with Crippen LogP contribution in [0.15, 0.2) is 182 Å². The average Bonchev–Trinajstić information content (AvgIpc) is 3.04. The molecule has 0 unspecified atom stereocenters. The van der Waals surface area contributed by atoms with Gasteiger partial charge in [-0.25, -0.2) is 0 Å². The molecule has 0 N–H and O–H groups in total. The van der Waals surface area contributed by atoms with E-state index in [9.17, 15) is 17.3 Å². The molecule has 1 radical (unpaired) electrons. The largest absolute Gasteiger partial charge is 0.673 e. The van der Waals surface area contributed by atoms with Crippen LogP contribution in [0.5, 0.6) is 0 Å². The second kappa shape index (κ2) is 18.4. The molecule has 44 heavy (non-hydrogen) atoms. The summed E-state index contributed by atoms with van der Waals surface area (Å²) in [5.41, 5.74) is 0. The molecular formula is C36H30BF4P2Rh-. The average molecular weight is 714 g/mol. The molecule has 6 aromatic carbocycles. The van der Waals surface area contributed by atoms with Crippen molar-refractivity contribution in [3.05, 3.63) is 182 Å². The summed E-state index contributed by atoms with van der Waals surface area (Å²) in [6.45, 7) is 0. The topological polar surface area (TPSA) is 0 Å². The smallest absolute Gasteiger partial charge is 0.418 e. The Labute approximate surface area is 272 Å². The van der Waals surface area contributed by atoms with Crippen LogP contribution in [0.3, 0.4) is 0 Å². The van der Waals surface area contributed by atoms with Crippen molar-refractivity contribution in [2.75, 3.05) is 0 Å². The van der Waals surface area contributed by atoms with Crippen molar-refractivity contribution in [2.45, 2.75) is 0 Å². The Morgan fingerprint density at radius 1 is 0.273 bits per heavy atom. The van der Waals surface area contributed by atoms with Gasteiger partial charge in [-0.05, 0) is 47.7 Å². The fraction of sp³-hybridized carbons (Fsp3) is 0. The van der Waals surface area contributed by atoms with E-state index in [1.54, 1.807) is 0 Å². The zero-order valence-electron chi connectivity index (χ0n) is 23.6. The Balaban J connectivity index is 0.000000205. The van der Waals surface area contributed by atoms with Crippen LogP contribution in [0.2, 0.25) is 0 Å². The van der Waals surface area contributed by atoms with Crippen molar-refractivity contribution < 1.29 is 36.7 Å². The van der Waals surface area contributed by atoms with Gasteiger partial charge in [0.2, 0.25) is 0 Å². The van der Waals surface area contributed by atoms with E-state index in [4.69, 9.17) is 0 Å². The molecule has 0 aliphatic heterocycles. The summed E-state index contributed by atoms with van der Waals surface area (Å²) in [4.78, 5) is 0. The Kier molecular flexibility index (Phi) is 14.7. The Morgan fingerprint density at radius 3 is 0.500 bits per heavy atom. The summed E-state index contributed by atoms with van der Waals surface area (Å²) in [5, 5.41) is 8.39. The first-order chi connectivity index (χ1) is 20.9. The molecule has 0 fully saturated rings. The third kappa shape index (κ3) is 11.6. The fourth-order valence-electron chi connectivity index (χ4n) is 4.36. The minimum atomic E-state index is -6.00. The standard InChI is InChI=1S/2C18H15P.BF4.Rh/c2*1-4-10-16(11-5-1)19(17-12-6-2-7-13-17)18-14-8-3-9-15-18;2-1(3,4)5;/h2*1-15H;;/q;;-1;. The van der Waals surface area contributed by atoms with E-state index in [0.29, 0.717) is 0 Å². The monoisotopic (exact) mass is 714 g/mol. The summed E-state index contributed by atoms with van der Waals surface area (Å²) in [5.74, 6) is 0. The normalized spacial score (nSPS) is 10.5. The van der Waals surface area contributed by atoms with E-state index >= 15 is 0 Å². The molecule has 0 saturated heterocycles. The second-order valence-electron chi connectivity index (χ2n) is 9.18. The van der Waals surface area contributed by atoms with Gasteiger partial charge in [-0.3, -0.25) is 0 Å². The molecule has 6 aromatic rings. The Hall–Kier alpha value is -3.41. The van der Waals surface area contributed by atoms with Crippen molar-refractivity contribution in [3.8, 4) is 0 Å². The molecule has 0 atom stereocenters. The molecule has 6 rings (SSSR count). The van der Waals surface area contributed by atoms with E-state index in [-0.39, 0.29) is 19.5 Å². The second-order valence-corrected chi connectivity index (χ2v) is 13.6. The summed E-state index contributed by atoms with van der Waals surface area (Å²) >= 11 is 0. The van der Waals surface area contributed by atoms with Gasteiger partial charge < -0.3 is 17.3 Å². The number of halogens is 4. The minimum absolute atomic E-state index is 0. The molecule has 0 nitrogen and oxygen atoms in total. The Bertz CT molecular complexity index is 1280. The van der Waals surface area contributed by atoms with Crippen molar-refractivity contribution in [3.63, 3.8) is 0 Å². The van der Waals surface area contributed by atoms with E-state index in [1.807, 2.05) is 0 Å². The number of hydrogen-bond acceptors (Lipinski definition) is 0. The first kappa shape index (κ1) is 35.1. The summed E-state index contributed by atoms with van der Waals surface area (Å²) in [6, 6.07) is 64.7. The van der Waals surface area contributed by atoms with E-state index in [0.717, 1.165) is 0 Å². The van der Waals surface area contributed by atoms with Crippen LogP contribution in [-0.4, -0.2) is 7.25 Å². The van der Waals surface area contributed by atoms with Gasteiger partial charge in [0.05, 0.1) is 0 Å². The van der Waals surface area contributed by atoms with Gasteiger partial charge in [0.1, 0.15) is 0 Å². The van der Waals surface area contributed by atoms with Gasteiger partial charge in [-0.15, -0.1) is 0 Å². The summed E-state index contributed by atoms with van der Waals surface area (Å²) < 4.78 is 39.0. The van der Waals surface area contributed by atoms with Crippen LogP contribution in [-0.2, 0) is 19.5 Å². The number of hydrogen-bond donors (Lipinski definition) is 0. The van der Waals surface area contributed by atoms with E-state index < -0.39 is 23.1 Å². The van der Waals surface area contributed by atoms with Gasteiger partial charge >= 0.3 is 7.25 Å². The molecule has 8 heteroatoms. The number of rotatable bonds is 6. The molecule has 0 amide bonds. The SMILES string of the molecule is F[B-](F)(F)F.[Rh].c1ccc(P(c2ccccc2)c2ccccc2)cc1.c1ccc(P(c2ccccc2)c2ccccc2)cc1. The van der Waals surface area contributed by atoms with Crippen LogP contribution in [0.1, 0.15) is 0 Å². The van der Waals surface area contributed by atoms with E-state index in [1.165, 1.54) is 31.8 Å². The molecule has 0 aliphatic rings. The van der Waals surface area contributed by atoms with Crippen LogP contribution in [0, 0.1) is 0 Å². The van der Waals surface area contributed by atoms with Crippen LogP contribution in [0.25, 0.3) is 0 Å². The maximum absolute atomic E-state index is 9.75.